The number of hydrogen-bond acceptors (Lipinski definition) is 7. The molecule has 4 aliphatic rings. The predicted molar refractivity (Wildman–Crippen MR) is 105 cm³/mol. The van der Waals surface area contributed by atoms with Gasteiger partial charge in [0, 0.05) is 56.5 Å². The molecule has 0 amide bonds. The minimum absolute atomic E-state index is 0.00546. The van der Waals surface area contributed by atoms with E-state index in [4.69, 9.17) is 10.2 Å². The van der Waals surface area contributed by atoms with Crippen LogP contribution in [-0.4, -0.2) is 87.7 Å². The summed E-state index contributed by atoms with van der Waals surface area (Å²) in [7, 11) is 0. The highest BCUT2D eigenvalue weighted by molar-refractivity contribution is 6.22. The number of carbonyl (C=O) groups is 4. The summed E-state index contributed by atoms with van der Waals surface area (Å²) in [6.45, 7) is 14.6. The molecule has 4 rings (SSSR count). The fourth-order valence-electron chi connectivity index (χ4n) is 2.28. The highest BCUT2D eigenvalue weighted by Crippen LogP contribution is 2.33. The number of ketones is 2. The molecule has 2 N–H and O–H groups in total. The number of carboxylic acids is 2. The van der Waals surface area contributed by atoms with Gasteiger partial charge in [-0.2, -0.15) is 0 Å². The third kappa shape index (κ3) is 6.06. The van der Waals surface area contributed by atoms with Crippen LogP contribution in [0.15, 0.2) is 47.5 Å². The quantitative estimate of drug-likeness (QED) is 0.384. The van der Waals surface area contributed by atoms with Crippen LogP contribution in [0, 0.1) is 0 Å². The normalized spacial score (nSPS) is 18.7. The van der Waals surface area contributed by atoms with E-state index in [2.05, 4.69) is 13.2 Å². The third-order valence-electron chi connectivity index (χ3n) is 4.22. The molecule has 0 aromatic carbocycles. The van der Waals surface area contributed by atoms with Crippen molar-refractivity contribution in [2.75, 3.05) is 39.3 Å². The molecule has 0 radical (unpaired) electrons. The fraction of sp³-hybridized carbons (Fsp3) is 0.400. The van der Waals surface area contributed by atoms with Crippen molar-refractivity contribution in [3.63, 3.8) is 0 Å². The molecular formula is C20H25N3O6. The van der Waals surface area contributed by atoms with Gasteiger partial charge in [-0.3, -0.25) is 9.59 Å². The van der Waals surface area contributed by atoms with Gasteiger partial charge in [-0.1, -0.05) is 13.2 Å². The summed E-state index contributed by atoms with van der Waals surface area (Å²) in [4.78, 5) is 49.7. The number of hydrogen-bond donors (Lipinski definition) is 2. The molecule has 0 unspecified atom stereocenters. The van der Waals surface area contributed by atoms with Crippen LogP contribution in [0.25, 0.3) is 0 Å². The lowest BCUT2D eigenvalue weighted by atomic mass is 10.0. The first kappa shape index (κ1) is 21.9. The molecule has 156 valence electrons. The lowest BCUT2D eigenvalue weighted by molar-refractivity contribution is -0.133. The van der Waals surface area contributed by atoms with Gasteiger partial charge >= 0.3 is 11.9 Å². The molecule has 3 fully saturated rings. The zero-order chi connectivity index (χ0) is 21.9. The highest BCUT2D eigenvalue weighted by atomic mass is 16.4. The second-order valence-electron chi connectivity index (χ2n) is 7.05. The molecular weight excluding hydrogens is 378 g/mol. The van der Waals surface area contributed by atoms with Crippen LogP contribution in [0.2, 0.25) is 0 Å². The van der Waals surface area contributed by atoms with Crippen molar-refractivity contribution in [3.8, 4) is 0 Å². The molecule has 3 aliphatic heterocycles. The van der Waals surface area contributed by atoms with E-state index in [0.717, 1.165) is 39.3 Å². The van der Waals surface area contributed by atoms with Crippen molar-refractivity contribution in [1.82, 2.24) is 14.7 Å². The minimum atomic E-state index is -0.935. The molecule has 0 atom stereocenters. The van der Waals surface area contributed by atoms with E-state index < -0.39 is 11.9 Å². The Bertz CT molecular complexity index is 794. The Morgan fingerprint density at radius 3 is 1.45 bits per heavy atom. The van der Waals surface area contributed by atoms with Crippen LogP contribution < -0.4 is 0 Å². The van der Waals surface area contributed by atoms with Crippen molar-refractivity contribution >= 4 is 23.5 Å². The fourth-order valence-corrected chi connectivity index (χ4v) is 2.28. The highest BCUT2D eigenvalue weighted by Gasteiger charge is 2.43. The molecule has 0 saturated carbocycles. The first-order chi connectivity index (χ1) is 13.5. The first-order valence-electron chi connectivity index (χ1n) is 9.12. The number of carboxylic acid groups (broad SMARTS) is 2. The van der Waals surface area contributed by atoms with E-state index in [0.29, 0.717) is 17.1 Å². The first-order valence-corrected chi connectivity index (χ1v) is 9.12. The Labute approximate surface area is 168 Å². The van der Waals surface area contributed by atoms with E-state index >= 15 is 0 Å². The van der Waals surface area contributed by atoms with Crippen LogP contribution in [0.5, 0.6) is 0 Å². The van der Waals surface area contributed by atoms with Gasteiger partial charge in [0.15, 0.2) is 0 Å². The summed E-state index contributed by atoms with van der Waals surface area (Å²) < 4.78 is 0. The Kier molecular flexibility index (Phi) is 6.63. The number of Topliss-reactive ketones (excluding diaryl/α,β-unsaturated/α-hetero) is 1. The molecule has 0 aromatic rings. The summed E-state index contributed by atoms with van der Waals surface area (Å²) in [6.07, 6.45) is 1.52. The predicted octanol–water partition coefficient (Wildman–Crippen LogP) is 0.475. The largest absolute Gasteiger partial charge is 0.478 e. The van der Waals surface area contributed by atoms with Gasteiger partial charge in [0.1, 0.15) is 11.4 Å². The molecule has 0 bridgehead atoms. The average molecular weight is 403 g/mol. The van der Waals surface area contributed by atoms with Crippen molar-refractivity contribution < 1.29 is 29.4 Å². The summed E-state index contributed by atoms with van der Waals surface area (Å²) in [5.41, 5.74) is 2.24. The maximum absolute atomic E-state index is 12.4. The lowest BCUT2D eigenvalue weighted by Gasteiger charge is -2.21. The van der Waals surface area contributed by atoms with Gasteiger partial charge in [-0.05, 0) is 13.8 Å². The van der Waals surface area contributed by atoms with Crippen molar-refractivity contribution in [1.29, 1.82) is 0 Å². The second kappa shape index (κ2) is 8.76. The molecule has 29 heavy (non-hydrogen) atoms. The van der Waals surface area contributed by atoms with Crippen molar-refractivity contribution in [2.24, 2.45) is 0 Å². The standard InChI is InChI=1S/C12H13N3O2.2C4H6O2/c16-9-7-8(13-1-2-13)12(17)11(15-5-6-15)10(9)14-3-4-14;2*1-3(2)4(5)6/h7H,1-6H2;2*1H2,2H3,(H,5,6). The summed E-state index contributed by atoms with van der Waals surface area (Å²) in [5.74, 6) is -1.82. The number of rotatable bonds is 5. The molecule has 3 saturated heterocycles. The van der Waals surface area contributed by atoms with Crippen molar-refractivity contribution in [2.45, 2.75) is 13.8 Å². The Morgan fingerprint density at radius 1 is 0.793 bits per heavy atom. The molecule has 3 heterocycles. The smallest absolute Gasteiger partial charge is 0.330 e. The topological polar surface area (TPSA) is 118 Å². The van der Waals surface area contributed by atoms with Gasteiger partial charge in [0.05, 0.1) is 5.70 Å². The number of carbonyl (C=O) groups excluding carboxylic acids is 2. The van der Waals surface area contributed by atoms with E-state index in [-0.39, 0.29) is 22.7 Å². The molecule has 0 aromatic heterocycles. The maximum atomic E-state index is 12.4. The number of nitrogens with zero attached hydrogens (tertiary/aromatic N) is 3. The van der Waals surface area contributed by atoms with Crippen LogP contribution >= 0.6 is 0 Å². The zero-order valence-electron chi connectivity index (χ0n) is 16.6. The van der Waals surface area contributed by atoms with Crippen LogP contribution in [0.3, 0.4) is 0 Å². The molecule has 9 nitrogen and oxygen atoms in total. The lowest BCUT2D eigenvalue weighted by Crippen LogP contribution is -2.29. The van der Waals surface area contributed by atoms with Gasteiger partial charge in [-0.15, -0.1) is 0 Å². The summed E-state index contributed by atoms with van der Waals surface area (Å²) >= 11 is 0. The number of allylic oxidation sites excluding steroid dienone is 1. The van der Waals surface area contributed by atoms with Gasteiger partial charge in [0.2, 0.25) is 11.6 Å². The number of aliphatic carboxylic acids is 2. The monoisotopic (exact) mass is 403 g/mol. The summed E-state index contributed by atoms with van der Waals surface area (Å²) in [6, 6.07) is 0. The average Bonchev–Trinajstić information content (AvgIpc) is 3.47. The second-order valence-corrected chi connectivity index (χ2v) is 7.05. The Morgan fingerprint density at radius 2 is 1.14 bits per heavy atom. The molecule has 0 spiro atoms. The molecule has 9 heteroatoms. The minimum Gasteiger partial charge on any atom is -0.478 e. The van der Waals surface area contributed by atoms with Crippen LogP contribution in [0.1, 0.15) is 13.8 Å². The van der Waals surface area contributed by atoms with Gasteiger partial charge in [0.25, 0.3) is 0 Å². The maximum Gasteiger partial charge on any atom is 0.330 e. The SMILES string of the molecule is C=C(C)C(=O)O.C=C(C)C(=O)O.O=C1C=C(N2CC2)C(=O)C(N2CC2)=C1N1CC1. The zero-order valence-corrected chi connectivity index (χ0v) is 16.6. The van der Waals surface area contributed by atoms with Gasteiger partial charge < -0.3 is 24.9 Å². The van der Waals surface area contributed by atoms with Gasteiger partial charge in [-0.25, -0.2) is 9.59 Å². The van der Waals surface area contributed by atoms with Crippen LogP contribution in [0.4, 0.5) is 0 Å². The van der Waals surface area contributed by atoms with Crippen molar-refractivity contribution in [3.05, 3.63) is 47.5 Å². The molecule has 1 aliphatic carbocycles. The Hall–Kier alpha value is -3.36. The summed E-state index contributed by atoms with van der Waals surface area (Å²) in [5, 5.41) is 15.8. The third-order valence-corrected chi connectivity index (χ3v) is 4.22. The van der Waals surface area contributed by atoms with E-state index in [1.807, 2.05) is 14.7 Å². The van der Waals surface area contributed by atoms with Crippen LogP contribution in [-0.2, 0) is 19.2 Å². The van der Waals surface area contributed by atoms with E-state index in [9.17, 15) is 19.2 Å². The van der Waals surface area contributed by atoms with E-state index in [1.165, 1.54) is 19.9 Å². The van der Waals surface area contributed by atoms with E-state index in [1.54, 1.807) is 0 Å². The Balaban J connectivity index is 0.000000210.